The van der Waals surface area contributed by atoms with Crippen molar-refractivity contribution in [1.29, 1.82) is 0 Å². The molecule has 3 rings (SSSR count). The van der Waals surface area contributed by atoms with Crippen LogP contribution in [-0.4, -0.2) is 89.2 Å². The predicted octanol–water partition coefficient (Wildman–Crippen LogP) is 2.74. The number of carbonyl (C=O) groups is 3. The molecule has 232 valence electrons. The van der Waals surface area contributed by atoms with Crippen molar-refractivity contribution in [3.05, 3.63) is 70.8 Å². The highest BCUT2D eigenvalue weighted by atomic mass is 19.1. The van der Waals surface area contributed by atoms with Gasteiger partial charge < -0.3 is 25.7 Å². The largest absolute Gasteiger partial charge is 0.483 e. The summed E-state index contributed by atoms with van der Waals surface area (Å²) in [5, 5.41) is 24.1. The van der Waals surface area contributed by atoms with E-state index in [0.29, 0.717) is 25.2 Å². The Hall–Kier alpha value is -3.41. The number of nitrogens with zero attached hydrogens (tertiary/aromatic N) is 2. The van der Waals surface area contributed by atoms with Crippen molar-refractivity contribution in [3.8, 4) is 0 Å². The third-order valence-corrected chi connectivity index (χ3v) is 7.31. The van der Waals surface area contributed by atoms with Crippen LogP contribution in [0.1, 0.15) is 50.3 Å². The van der Waals surface area contributed by atoms with Crippen LogP contribution >= 0.6 is 0 Å². The number of amides is 2. The molecule has 42 heavy (non-hydrogen) atoms. The molecule has 0 radical (unpaired) electrons. The standard InChI is InChI=1S/C30H42F2N4O3.CH2O2/c1-4-6-10-35-11-12-36(20-29(35)38)21(3)30(39)34-27(16-24-14-25(31)17-26(32)15-24)28(37)19-33-18-23-9-7-8-22(5-2)13-23;2-1-3/h7-9,13-15,17,21,27-28,33,37H,4-6,10-12,16,18-20H2,1-3H3,(H,34,39);1H,(H,2,3)/t21-,27+,28-;/m1./s1. The molecule has 4 N–H and O–H groups in total. The predicted molar refractivity (Wildman–Crippen MR) is 157 cm³/mol. The third kappa shape index (κ3) is 11.5. The molecule has 0 saturated carbocycles. The van der Waals surface area contributed by atoms with E-state index < -0.39 is 29.8 Å². The van der Waals surface area contributed by atoms with Gasteiger partial charge in [-0.1, -0.05) is 44.5 Å². The fourth-order valence-corrected chi connectivity index (χ4v) is 4.84. The Bertz CT molecular complexity index is 1130. The van der Waals surface area contributed by atoms with Gasteiger partial charge in [-0.2, -0.15) is 0 Å². The maximum absolute atomic E-state index is 13.9. The lowest BCUT2D eigenvalue weighted by Crippen LogP contribution is -2.58. The molecule has 2 amide bonds. The van der Waals surface area contributed by atoms with Crippen molar-refractivity contribution in [3.63, 3.8) is 0 Å². The van der Waals surface area contributed by atoms with E-state index in [2.05, 4.69) is 36.6 Å². The Morgan fingerprint density at radius 1 is 1.07 bits per heavy atom. The topological polar surface area (TPSA) is 122 Å². The van der Waals surface area contributed by atoms with Crippen LogP contribution < -0.4 is 10.6 Å². The van der Waals surface area contributed by atoms with E-state index in [9.17, 15) is 23.5 Å². The number of carboxylic acid groups (broad SMARTS) is 1. The number of piperazine rings is 1. The SMILES string of the molecule is CCCCN1CCN([C@H](C)C(=O)N[C@@H](Cc2cc(F)cc(F)c2)[C@H](O)CNCc2cccc(CC)c2)CC1=O.O=CO. The fraction of sp³-hybridized carbons (Fsp3) is 0.516. The second-order valence-corrected chi connectivity index (χ2v) is 10.5. The maximum atomic E-state index is 13.9. The molecule has 0 spiro atoms. The first-order valence-corrected chi connectivity index (χ1v) is 14.4. The zero-order chi connectivity index (χ0) is 31.1. The summed E-state index contributed by atoms with van der Waals surface area (Å²) in [5.41, 5.74) is 2.62. The Balaban J connectivity index is 0.00000197. The molecule has 11 heteroatoms. The van der Waals surface area contributed by atoms with Gasteiger partial charge in [0.1, 0.15) is 11.6 Å². The summed E-state index contributed by atoms with van der Waals surface area (Å²) in [5.74, 6) is -1.78. The zero-order valence-electron chi connectivity index (χ0n) is 24.7. The lowest BCUT2D eigenvalue weighted by molar-refractivity contribution is -0.139. The number of unbranched alkanes of at least 4 members (excludes halogenated alkanes) is 1. The molecule has 0 aromatic heterocycles. The average molecular weight is 591 g/mol. The van der Waals surface area contributed by atoms with Gasteiger partial charge in [-0.05, 0) is 55.0 Å². The summed E-state index contributed by atoms with van der Waals surface area (Å²) in [6.07, 6.45) is 1.90. The van der Waals surface area contributed by atoms with E-state index in [1.807, 2.05) is 21.9 Å². The minimum Gasteiger partial charge on any atom is -0.483 e. The molecule has 1 saturated heterocycles. The second-order valence-electron chi connectivity index (χ2n) is 10.5. The van der Waals surface area contributed by atoms with Crippen LogP contribution in [0.25, 0.3) is 0 Å². The van der Waals surface area contributed by atoms with Gasteiger partial charge in [0, 0.05) is 38.8 Å². The minimum atomic E-state index is -1.02. The highest BCUT2D eigenvalue weighted by Crippen LogP contribution is 2.14. The number of aliphatic hydroxyl groups is 1. The van der Waals surface area contributed by atoms with Crippen LogP contribution in [0.15, 0.2) is 42.5 Å². The van der Waals surface area contributed by atoms with Crippen LogP contribution in [0.2, 0.25) is 0 Å². The van der Waals surface area contributed by atoms with Crippen LogP contribution in [-0.2, 0) is 33.8 Å². The van der Waals surface area contributed by atoms with E-state index in [1.54, 1.807) is 6.92 Å². The van der Waals surface area contributed by atoms with E-state index in [0.717, 1.165) is 37.4 Å². The lowest BCUT2D eigenvalue weighted by atomic mass is 10.00. The molecule has 0 unspecified atom stereocenters. The number of nitrogens with one attached hydrogen (secondary N) is 2. The van der Waals surface area contributed by atoms with Crippen molar-refractivity contribution >= 4 is 18.3 Å². The van der Waals surface area contributed by atoms with Crippen molar-refractivity contribution < 1.29 is 33.4 Å². The number of hydrogen-bond acceptors (Lipinski definition) is 6. The van der Waals surface area contributed by atoms with Gasteiger partial charge in [0.15, 0.2) is 0 Å². The fourth-order valence-electron chi connectivity index (χ4n) is 4.84. The Kier molecular flexibility index (Phi) is 15.1. The number of aliphatic hydroxyl groups excluding tert-OH is 1. The maximum Gasteiger partial charge on any atom is 0.290 e. The van der Waals surface area contributed by atoms with Crippen molar-refractivity contribution in [2.45, 2.75) is 71.2 Å². The monoisotopic (exact) mass is 590 g/mol. The molecule has 9 nitrogen and oxygen atoms in total. The van der Waals surface area contributed by atoms with E-state index >= 15 is 0 Å². The summed E-state index contributed by atoms with van der Waals surface area (Å²) < 4.78 is 27.7. The number of aryl methyl sites for hydroxylation is 1. The Morgan fingerprint density at radius 3 is 2.36 bits per heavy atom. The first-order valence-electron chi connectivity index (χ1n) is 14.4. The summed E-state index contributed by atoms with van der Waals surface area (Å²) in [4.78, 5) is 37.8. The quantitative estimate of drug-likeness (QED) is 0.250. The van der Waals surface area contributed by atoms with Crippen LogP contribution in [0, 0.1) is 11.6 Å². The smallest absolute Gasteiger partial charge is 0.290 e. The average Bonchev–Trinajstić information content (AvgIpc) is 2.95. The molecule has 2 aromatic rings. The third-order valence-electron chi connectivity index (χ3n) is 7.31. The summed E-state index contributed by atoms with van der Waals surface area (Å²) in [6.45, 7) is 8.35. The van der Waals surface area contributed by atoms with Gasteiger partial charge in [0.05, 0.1) is 24.7 Å². The Labute approximate surface area is 246 Å². The molecule has 3 atom stereocenters. The van der Waals surface area contributed by atoms with Crippen molar-refractivity contribution in [1.82, 2.24) is 20.4 Å². The van der Waals surface area contributed by atoms with Gasteiger partial charge in [-0.25, -0.2) is 8.78 Å². The van der Waals surface area contributed by atoms with Gasteiger partial charge in [-0.3, -0.25) is 19.3 Å². The summed E-state index contributed by atoms with van der Waals surface area (Å²) >= 11 is 0. The van der Waals surface area contributed by atoms with Crippen LogP contribution in [0.5, 0.6) is 0 Å². The molecule has 1 fully saturated rings. The van der Waals surface area contributed by atoms with Crippen molar-refractivity contribution in [2.75, 3.05) is 32.7 Å². The number of halogens is 2. The minimum absolute atomic E-state index is 0.00230. The lowest BCUT2D eigenvalue weighted by Gasteiger charge is -2.37. The number of hydrogen-bond donors (Lipinski definition) is 4. The van der Waals surface area contributed by atoms with Gasteiger partial charge in [0.25, 0.3) is 6.47 Å². The van der Waals surface area contributed by atoms with Gasteiger partial charge in [0.2, 0.25) is 11.8 Å². The first-order chi connectivity index (χ1) is 20.1. The molecular weight excluding hydrogens is 546 g/mol. The molecule has 1 aliphatic rings. The molecule has 1 aliphatic heterocycles. The van der Waals surface area contributed by atoms with Crippen molar-refractivity contribution in [2.24, 2.45) is 0 Å². The molecule has 1 heterocycles. The number of benzene rings is 2. The van der Waals surface area contributed by atoms with E-state index in [-0.39, 0.29) is 37.8 Å². The highest BCUT2D eigenvalue weighted by molar-refractivity contribution is 5.84. The molecule has 0 aliphatic carbocycles. The highest BCUT2D eigenvalue weighted by Gasteiger charge is 2.32. The molecule has 0 bridgehead atoms. The second kappa shape index (κ2) is 18.2. The number of rotatable bonds is 14. The first kappa shape index (κ1) is 34.8. The van der Waals surface area contributed by atoms with Crippen LogP contribution in [0.4, 0.5) is 8.78 Å². The Morgan fingerprint density at radius 2 is 1.74 bits per heavy atom. The van der Waals surface area contributed by atoms with E-state index in [4.69, 9.17) is 9.90 Å². The molecular formula is C31H44F2N4O5. The van der Waals surface area contributed by atoms with E-state index in [1.165, 1.54) is 17.7 Å². The normalized spacial score (nSPS) is 15.8. The zero-order valence-corrected chi connectivity index (χ0v) is 24.7. The van der Waals surface area contributed by atoms with Gasteiger partial charge >= 0.3 is 0 Å². The molecule has 2 aromatic carbocycles. The van der Waals surface area contributed by atoms with Crippen LogP contribution in [0.3, 0.4) is 0 Å². The number of carbonyl (C=O) groups excluding carboxylic acids is 2. The summed E-state index contributed by atoms with van der Waals surface area (Å²) in [6, 6.07) is 9.94. The summed E-state index contributed by atoms with van der Waals surface area (Å²) in [7, 11) is 0. The van der Waals surface area contributed by atoms with Gasteiger partial charge in [-0.15, -0.1) is 0 Å².